The van der Waals surface area contributed by atoms with Crippen molar-refractivity contribution in [2.24, 2.45) is 7.05 Å². The molecule has 0 unspecified atom stereocenters. The number of amides is 1. The summed E-state index contributed by atoms with van der Waals surface area (Å²) >= 11 is 0. The normalized spacial score (nSPS) is 14.3. The first-order valence-corrected chi connectivity index (χ1v) is 7.98. The Bertz CT molecular complexity index is 764. The molecule has 0 saturated heterocycles. The molecular weight excluding hydrogens is 293 g/mol. The Hall–Kier alpha value is -2.17. The Morgan fingerprint density at radius 2 is 2.09 bits per heavy atom. The van der Waals surface area contributed by atoms with E-state index in [-0.39, 0.29) is 11.7 Å². The number of aryl methyl sites for hydroxylation is 1. The Morgan fingerprint density at radius 3 is 2.74 bits per heavy atom. The smallest absolute Gasteiger partial charge is 0.254 e. The summed E-state index contributed by atoms with van der Waals surface area (Å²) in [5.41, 5.74) is 3.23. The van der Waals surface area contributed by atoms with E-state index in [1.165, 1.54) is 11.8 Å². The number of halogens is 1. The number of carbonyl (C=O) groups is 1. The maximum absolute atomic E-state index is 13.4. The minimum absolute atomic E-state index is 0.0597. The molecule has 3 rings (SSSR count). The Labute approximate surface area is 135 Å². The molecule has 0 aliphatic carbocycles. The highest BCUT2D eigenvalue weighted by atomic mass is 19.1. The number of rotatable bonds is 2. The fourth-order valence-corrected chi connectivity index (χ4v) is 3.20. The molecule has 1 aliphatic rings. The minimum atomic E-state index is -0.284. The predicted molar refractivity (Wildman–Crippen MR) is 86.9 cm³/mol. The molecule has 5 heteroatoms. The van der Waals surface area contributed by atoms with E-state index in [4.69, 9.17) is 4.98 Å². The number of fused-ring (bicyclic) bond motifs is 1. The number of imidazole rings is 1. The fourth-order valence-electron chi connectivity index (χ4n) is 3.20. The van der Waals surface area contributed by atoms with Gasteiger partial charge >= 0.3 is 0 Å². The topological polar surface area (TPSA) is 38.1 Å². The number of aromatic nitrogens is 2. The first-order chi connectivity index (χ1) is 10.9. The van der Waals surface area contributed by atoms with Crippen LogP contribution in [0.1, 0.15) is 52.9 Å². The molecule has 0 spiro atoms. The minimum Gasteiger partial charge on any atom is -0.334 e. The molecule has 0 bridgehead atoms. The number of carbonyl (C=O) groups excluding carboxylic acids is 1. The molecule has 1 aromatic carbocycles. The van der Waals surface area contributed by atoms with E-state index in [0.717, 1.165) is 17.9 Å². The number of hydrogen-bond acceptors (Lipinski definition) is 2. The summed E-state index contributed by atoms with van der Waals surface area (Å²) in [5, 5.41) is 0. The SMILES string of the molecule is Cc1cc(C(=O)N2CCc3c(nc(C(C)C)n3C)C2)ccc1F. The summed E-state index contributed by atoms with van der Waals surface area (Å²) in [7, 11) is 2.04. The second-order valence-electron chi connectivity index (χ2n) is 6.52. The van der Waals surface area contributed by atoms with Gasteiger partial charge in [0.15, 0.2) is 0 Å². The van der Waals surface area contributed by atoms with Crippen LogP contribution in [0.15, 0.2) is 18.2 Å². The molecule has 0 atom stereocenters. The summed E-state index contributed by atoms with van der Waals surface area (Å²) in [4.78, 5) is 19.2. The van der Waals surface area contributed by atoms with Crippen LogP contribution in [0.25, 0.3) is 0 Å². The number of benzene rings is 1. The van der Waals surface area contributed by atoms with Gasteiger partial charge in [0.1, 0.15) is 11.6 Å². The van der Waals surface area contributed by atoms with Gasteiger partial charge in [-0.05, 0) is 30.7 Å². The van der Waals surface area contributed by atoms with Crippen LogP contribution >= 0.6 is 0 Å². The standard InChI is InChI=1S/C18H22FN3O/c1-11(2)17-20-15-10-22(8-7-16(15)21(17)4)18(23)13-5-6-14(19)12(3)9-13/h5-6,9,11H,7-8,10H2,1-4H3. The van der Waals surface area contributed by atoms with Crippen LogP contribution in [-0.4, -0.2) is 26.9 Å². The van der Waals surface area contributed by atoms with Crippen molar-refractivity contribution in [3.63, 3.8) is 0 Å². The zero-order valence-corrected chi connectivity index (χ0v) is 14.1. The maximum atomic E-state index is 13.4. The van der Waals surface area contributed by atoms with Gasteiger partial charge in [-0.1, -0.05) is 13.8 Å². The van der Waals surface area contributed by atoms with Gasteiger partial charge in [-0.3, -0.25) is 4.79 Å². The summed E-state index contributed by atoms with van der Waals surface area (Å²) < 4.78 is 15.5. The van der Waals surface area contributed by atoms with Gasteiger partial charge in [-0.2, -0.15) is 0 Å². The van der Waals surface area contributed by atoms with Crippen LogP contribution in [0.2, 0.25) is 0 Å². The molecule has 122 valence electrons. The van der Waals surface area contributed by atoms with Crippen molar-refractivity contribution >= 4 is 5.91 Å². The van der Waals surface area contributed by atoms with E-state index < -0.39 is 0 Å². The lowest BCUT2D eigenvalue weighted by atomic mass is 10.1. The molecule has 1 aliphatic heterocycles. The molecule has 0 saturated carbocycles. The van der Waals surface area contributed by atoms with Crippen molar-refractivity contribution in [3.8, 4) is 0 Å². The third-order valence-electron chi connectivity index (χ3n) is 4.50. The van der Waals surface area contributed by atoms with Crippen molar-refractivity contribution in [1.29, 1.82) is 0 Å². The van der Waals surface area contributed by atoms with Crippen molar-refractivity contribution in [3.05, 3.63) is 52.4 Å². The Balaban J connectivity index is 1.85. The van der Waals surface area contributed by atoms with Crippen LogP contribution < -0.4 is 0 Å². The first kappa shape index (κ1) is 15.7. The fraction of sp³-hybridized carbons (Fsp3) is 0.444. The van der Waals surface area contributed by atoms with E-state index in [2.05, 4.69) is 18.4 Å². The summed E-state index contributed by atoms with van der Waals surface area (Å²) in [6, 6.07) is 4.53. The lowest BCUT2D eigenvalue weighted by molar-refractivity contribution is 0.0731. The highest BCUT2D eigenvalue weighted by molar-refractivity contribution is 5.94. The zero-order chi connectivity index (χ0) is 16.7. The van der Waals surface area contributed by atoms with Gasteiger partial charge in [-0.15, -0.1) is 0 Å². The molecule has 2 aromatic rings. The molecule has 1 aromatic heterocycles. The van der Waals surface area contributed by atoms with Crippen LogP contribution in [-0.2, 0) is 20.0 Å². The average Bonchev–Trinajstić information content (AvgIpc) is 2.86. The first-order valence-electron chi connectivity index (χ1n) is 7.98. The average molecular weight is 315 g/mol. The lowest BCUT2D eigenvalue weighted by Crippen LogP contribution is -2.36. The van der Waals surface area contributed by atoms with Crippen LogP contribution in [0, 0.1) is 12.7 Å². The lowest BCUT2D eigenvalue weighted by Gasteiger charge is -2.27. The third kappa shape index (κ3) is 2.76. The second-order valence-corrected chi connectivity index (χ2v) is 6.52. The van der Waals surface area contributed by atoms with Gasteiger partial charge in [0.2, 0.25) is 0 Å². The molecule has 2 heterocycles. The van der Waals surface area contributed by atoms with Crippen LogP contribution in [0.3, 0.4) is 0 Å². The number of hydrogen-bond donors (Lipinski definition) is 0. The van der Waals surface area contributed by atoms with Crippen LogP contribution in [0.4, 0.5) is 4.39 Å². The zero-order valence-electron chi connectivity index (χ0n) is 14.1. The summed E-state index contributed by atoms with van der Waals surface area (Å²) in [6.07, 6.45) is 0.803. The van der Waals surface area contributed by atoms with Crippen molar-refractivity contribution in [2.45, 2.75) is 39.7 Å². The summed E-state index contributed by atoms with van der Waals surface area (Å²) in [5.74, 6) is 1.07. The van der Waals surface area contributed by atoms with E-state index in [1.807, 2.05) is 7.05 Å². The molecule has 1 amide bonds. The van der Waals surface area contributed by atoms with E-state index >= 15 is 0 Å². The van der Waals surface area contributed by atoms with Gasteiger partial charge in [0, 0.05) is 37.2 Å². The largest absolute Gasteiger partial charge is 0.334 e. The van der Waals surface area contributed by atoms with Gasteiger partial charge in [0.05, 0.1) is 12.2 Å². The molecule has 0 N–H and O–H groups in total. The summed E-state index contributed by atoms with van der Waals surface area (Å²) in [6.45, 7) is 7.11. The third-order valence-corrected chi connectivity index (χ3v) is 4.50. The highest BCUT2D eigenvalue weighted by Gasteiger charge is 2.27. The van der Waals surface area contributed by atoms with Gasteiger partial charge in [0.25, 0.3) is 5.91 Å². The van der Waals surface area contributed by atoms with Crippen molar-refractivity contribution in [1.82, 2.24) is 14.5 Å². The van der Waals surface area contributed by atoms with E-state index in [9.17, 15) is 9.18 Å². The Morgan fingerprint density at radius 1 is 1.35 bits per heavy atom. The van der Waals surface area contributed by atoms with E-state index in [0.29, 0.717) is 30.1 Å². The molecule has 4 nitrogen and oxygen atoms in total. The van der Waals surface area contributed by atoms with Gasteiger partial charge in [-0.25, -0.2) is 9.37 Å². The van der Waals surface area contributed by atoms with Crippen molar-refractivity contribution < 1.29 is 9.18 Å². The molecule has 23 heavy (non-hydrogen) atoms. The monoisotopic (exact) mass is 315 g/mol. The quantitative estimate of drug-likeness (QED) is 0.853. The molecular formula is C18H22FN3O. The number of nitrogens with zero attached hydrogens (tertiary/aromatic N) is 3. The van der Waals surface area contributed by atoms with Crippen molar-refractivity contribution in [2.75, 3.05) is 6.54 Å². The van der Waals surface area contributed by atoms with E-state index in [1.54, 1.807) is 24.0 Å². The van der Waals surface area contributed by atoms with Gasteiger partial charge < -0.3 is 9.47 Å². The Kier molecular flexibility index (Phi) is 3.96. The molecule has 0 fully saturated rings. The highest BCUT2D eigenvalue weighted by Crippen LogP contribution is 2.24. The maximum Gasteiger partial charge on any atom is 0.254 e. The molecule has 0 radical (unpaired) electrons. The van der Waals surface area contributed by atoms with Crippen LogP contribution in [0.5, 0.6) is 0 Å². The predicted octanol–water partition coefficient (Wildman–Crippen LogP) is 3.19. The second kappa shape index (κ2) is 5.80.